The van der Waals surface area contributed by atoms with Gasteiger partial charge in [0, 0.05) is 32.0 Å². The summed E-state index contributed by atoms with van der Waals surface area (Å²) in [6, 6.07) is 4.28. The number of nitrogens with one attached hydrogen (secondary N) is 1. The van der Waals surface area contributed by atoms with Gasteiger partial charge in [-0.15, -0.1) is 0 Å². The Morgan fingerprint density at radius 3 is 2.50 bits per heavy atom. The summed E-state index contributed by atoms with van der Waals surface area (Å²) in [6.45, 7) is 7.36. The molecule has 1 aromatic rings. The normalized spacial score (nSPS) is 17.3. The Hall–Kier alpha value is -1.48. The number of carbonyl (C=O) groups excluding carboxylic acids is 1. The number of benzene rings is 1. The molecule has 1 atom stereocenters. The van der Waals surface area contributed by atoms with Crippen molar-refractivity contribution in [2.75, 3.05) is 31.6 Å². The standard InChI is InChI=1S/C18H29N3O4S/c1-4-21(5-2)26(23,24)16-12-15(7-6-13(16)3)20-18(22)17(19)14-8-10-25-11-9-14/h6-7,12,14,17H,4-5,8-11,19H2,1-3H3,(H,20,22). The molecule has 1 amide bonds. The maximum Gasteiger partial charge on any atom is 0.243 e. The minimum atomic E-state index is -3.60. The SMILES string of the molecule is CCN(CC)S(=O)(=O)c1cc(NC(=O)C(N)C2CCOCC2)ccc1C. The highest BCUT2D eigenvalue weighted by atomic mass is 32.2. The Labute approximate surface area is 155 Å². The molecule has 0 spiro atoms. The Morgan fingerprint density at radius 2 is 1.92 bits per heavy atom. The minimum Gasteiger partial charge on any atom is -0.381 e. The second-order valence-corrected chi connectivity index (χ2v) is 8.44. The third-order valence-corrected chi connectivity index (χ3v) is 7.05. The van der Waals surface area contributed by atoms with Crippen molar-refractivity contribution in [1.29, 1.82) is 0 Å². The van der Waals surface area contributed by atoms with E-state index >= 15 is 0 Å². The number of aryl methyl sites for hydroxylation is 1. The van der Waals surface area contributed by atoms with Crippen molar-refractivity contribution < 1.29 is 17.9 Å². The fourth-order valence-corrected chi connectivity index (χ4v) is 4.88. The van der Waals surface area contributed by atoms with Crippen molar-refractivity contribution in [1.82, 2.24) is 4.31 Å². The van der Waals surface area contributed by atoms with E-state index in [1.165, 1.54) is 10.4 Å². The van der Waals surface area contributed by atoms with Crippen LogP contribution < -0.4 is 11.1 Å². The van der Waals surface area contributed by atoms with Gasteiger partial charge in [-0.3, -0.25) is 4.79 Å². The number of ether oxygens (including phenoxy) is 1. The summed E-state index contributed by atoms with van der Waals surface area (Å²) < 4.78 is 32.3. The monoisotopic (exact) mass is 383 g/mol. The van der Waals surface area contributed by atoms with Crippen molar-refractivity contribution >= 4 is 21.6 Å². The van der Waals surface area contributed by atoms with Gasteiger partial charge < -0.3 is 15.8 Å². The van der Waals surface area contributed by atoms with Crippen LogP contribution in [0.5, 0.6) is 0 Å². The summed E-state index contributed by atoms with van der Waals surface area (Å²) in [5.41, 5.74) is 7.17. The molecule has 1 unspecified atom stereocenters. The van der Waals surface area contributed by atoms with E-state index in [2.05, 4.69) is 5.32 Å². The van der Waals surface area contributed by atoms with Gasteiger partial charge in [-0.25, -0.2) is 8.42 Å². The number of hydrogen-bond donors (Lipinski definition) is 2. The van der Waals surface area contributed by atoms with Gasteiger partial charge >= 0.3 is 0 Å². The van der Waals surface area contributed by atoms with Crippen LogP contribution in [0.15, 0.2) is 23.1 Å². The minimum absolute atomic E-state index is 0.0769. The molecular weight excluding hydrogens is 354 g/mol. The van der Waals surface area contributed by atoms with Crippen LogP contribution in [0.4, 0.5) is 5.69 Å². The van der Waals surface area contributed by atoms with E-state index in [1.54, 1.807) is 32.9 Å². The number of amides is 1. The Bertz CT molecular complexity index is 726. The van der Waals surface area contributed by atoms with Crippen LogP contribution in [-0.4, -0.2) is 51.0 Å². The lowest BCUT2D eigenvalue weighted by atomic mass is 9.92. The van der Waals surface area contributed by atoms with Gasteiger partial charge in [0.25, 0.3) is 0 Å². The molecule has 1 aromatic carbocycles. The number of nitrogens with two attached hydrogens (primary N) is 1. The summed E-state index contributed by atoms with van der Waals surface area (Å²) in [6.07, 6.45) is 1.51. The molecule has 1 fully saturated rings. The maximum atomic E-state index is 12.8. The molecule has 1 saturated heterocycles. The molecule has 146 valence electrons. The molecule has 2 rings (SSSR count). The lowest BCUT2D eigenvalue weighted by Gasteiger charge is -2.27. The molecule has 1 heterocycles. The van der Waals surface area contributed by atoms with E-state index in [-0.39, 0.29) is 16.7 Å². The highest BCUT2D eigenvalue weighted by molar-refractivity contribution is 7.89. The third-order valence-electron chi connectivity index (χ3n) is 4.86. The van der Waals surface area contributed by atoms with Gasteiger partial charge in [-0.2, -0.15) is 4.31 Å². The van der Waals surface area contributed by atoms with Gasteiger partial charge in [0.05, 0.1) is 10.9 Å². The molecule has 26 heavy (non-hydrogen) atoms. The van der Waals surface area contributed by atoms with Crippen molar-refractivity contribution in [3.05, 3.63) is 23.8 Å². The molecule has 0 radical (unpaired) electrons. The third kappa shape index (κ3) is 4.62. The summed E-state index contributed by atoms with van der Waals surface area (Å²) in [7, 11) is -3.60. The van der Waals surface area contributed by atoms with Crippen LogP contribution in [0.1, 0.15) is 32.3 Å². The molecule has 1 aliphatic rings. The quantitative estimate of drug-likeness (QED) is 0.746. The molecule has 3 N–H and O–H groups in total. The van der Waals surface area contributed by atoms with E-state index in [4.69, 9.17) is 10.5 Å². The molecule has 7 nitrogen and oxygen atoms in total. The summed E-state index contributed by atoms with van der Waals surface area (Å²) >= 11 is 0. The molecule has 0 bridgehead atoms. The van der Waals surface area contributed by atoms with E-state index in [0.29, 0.717) is 37.6 Å². The number of hydrogen-bond acceptors (Lipinski definition) is 5. The average molecular weight is 384 g/mol. The predicted octanol–water partition coefficient (Wildman–Crippen LogP) is 1.72. The maximum absolute atomic E-state index is 12.8. The second kappa shape index (κ2) is 8.94. The number of anilines is 1. The van der Waals surface area contributed by atoms with Crippen LogP contribution in [0.3, 0.4) is 0 Å². The van der Waals surface area contributed by atoms with Crippen LogP contribution in [0.25, 0.3) is 0 Å². The summed E-state index contributed by atoms with van der Waals surface area (Å²) in [4.78, 5) is 12.7. The van der Waals surface area contributed by atoms with Gasteiger partial charge in [0.1, 0.15) is 0 Å². The van der Waals surface area contributed by atoms with E-state index in [1.807, 2.05) is 0 Å². The van der Waals surface area contributed by atoms with E-state index < -0.39 is 16.1 Å². The van der Waals surface area contributed by atoms with Gasteiger partial charge in [0.15, 0.2) is 0 Å². The second-order valence-electron chi connectivity index (χ2n) is 6.53. The van der Waals surface area contributed by atoms with Crippen molar-refractivity contribution in [2.24, 2.45) is 11.7 Å². The first-order chi connectivity index (χ1) is 12.3. The lowest BCUT2D eigenvalue weighted by molar-refractivity contribution is -0.119. The van der Waals surface area contributed by atoms with Crippen LogP contribution >= 0.6 is 0 Å². The topological polar surface area (TPSA) is 102 Å². The molecule has 0 aromatic heterocycles. The van der Waals surface area contributed by atoms with Crippen LogP contribution in [-0.2, 0) is 19.6 Å². The van der Waals surface area contributed by atoms with Gasteiger partial charge in [-0.05, 0) is 43.4 Å². The first kappa shape index (κ1) is 20.8. The Morgan fingerprint density at radius 1 is 1.31 bits per heavy atom. The number of nitrogens with zero attached hydrogens (tertiary/aromatic N) is 1. The van der Waals surface area contributed by atoms with Gasteiger partial charge in [0.2, 0.25) is 15.9 Å². The Kier molecular flexibility index (Phi) is 7.16. The van der Waals surface area contributed by atoms with Crippen molar-refractivity contribution in [3.63, 3.8) is 0 Å². The largest absolute Gasteiger partial charge is 0.381 e. The zero-order valence-electron chi connectivity index (χ0n) is 15.7. The zero-order chi connectivity index (χ0) is 19.3. The predicted molar refractivity (Wildman–Crippen MR) is 101 cm³/mol. The lowest BCUT2D eigenvalue weighted by Crippen LogP contribution is -2.44. The molecule has 8 heteroatoms. The molecule has 0 aliphatic carbocycles. The summed E-state index contributed by atoms with van der Waals surface area (Å²) in [5, 5.41) is 2.77. The van der Waals surface area contributed by atoms with E-state index in [9.17, 15) is 13.2 Å². The first-order valence-electron chi connectivity index (χ1n) is 9.06. The van der Waals surface area contributed by atoms with E-state index in [0.717, 1.165) is 12.8 Å². The summed E-state index contributed by atoms with van der Waals surface area (Å²) in [5.74, 6) is -0.222. The van der Waals surface area contributed by atoms with Crippen LogP contribution in [0, 0.1) is 12.8 Å². The fourth-order valence-electron chi connectivity index (χ4n) is 3.17. The van der Waals surface area contributed by atoms with Gasteiger partial charge in [-0.1, -0.05) is 19.9 Å². The van der Waals surface area contributed by atoms with Crippen LogP contribution in [0.2, 0.25) is 0 Å². The van der Waals surface area contributed by atoms with Crippen molar-refractivity contribution in [3.8, 4) is 0 Å². The number of rotatable bonds is 7. The fraction of sp³-hybridized carbons (Fsp3) is 0.611. The zero-order valence-corrected chi connectivity index (χ0v) is 16.5. The first-order valence-corrected chi connectivity index (χ1v) is 10.5. The number of sulfonamides is 1. The highest BCUT2D eigenvalue weighted by Gasteiger charge is 2.28. The molecule has 1 aliphatic heterocycles. The Balaban J connectivity index is 2.19. The number of carbonyl (C=O) groups is 1. The molecular formula is C18H29N3O4S. The average Bonchev–Trinajstić information content (AvgIpc) is 2.64. The smallest absolute Gasteiger partial charge is 0.243 e. The molecule has 0 saturated carbocycles. The highest BCUT2D eigenvalue weighted by Crippen LogP contribution is 2.24. The van der Waals surface area contributed by atoms with Crippen molar-refractivity contribution in [2.45, 2.75) is 44.6 Å².